The summed E-state index contributed by atoms with van der Waals surface area (Å²) in [5, 5.41) is 15.6. The van der Waals surface area contributed by atoms with E-state index < -0.39 is 46.5 Å². The molecule has 0 bridgehead atoms. The summed E-state index contributed by atoms with van der Waals surface area (Å²) < 4.78 is 83.6. The molecule has 0 aromatic carbocycles. The second kappa shape index (κ2) is 26.8. The second-order valence-electron chi connectivity index (χ2n) is 19.9. The van der Waals surface area contributed by atoms with Crippen LogP contribution in [0.5, 0.6) is 0 Å². The number of carbonyl (C=O) groups is 2. The van der Waals surface area contributed by atoms with Crippen molar-refractivity contribution >= 4 is 23.6 Å². The molecule has 6 rings (SSSR count). The number of anilines is 2. The summed E-state index contributed by atoms with van der Waals surface area (Å²) in [5.74, 6) is -1.44. The molecule has 4 aromatic rings. The maximum absolute atomic E-state index is 13.4. The summed E-state index contributed by atoms with van der Waals surface area (Å²) in [6.45, 7) is 23.3. The lowest BCUT2D eigenvalue weighted by molar-refractivity contribution is -0.142. The monoisotopic (exact) mass is 1050 g/mol. The van der Waals surface area contributed by atoms with Gasteiger partial charge in [-0.25, -0.2) is 39.1 Å². The second-order valence-corrected chi connectivity index (χ2v) is 19.9. The van der Waals surface area contributed by atoms with Gasteiger partial charge in [-0.05, 0) is 63.7 Å². The van der Waals surface area contributed by atoms with Crippen LogP contribution in [0.1, 0.15) is 115 Å². The number of aromatic nitrogens is 8. The third kappa shape index (κ3) is 19.5. The van der Waals surface area contributed by atoms with Crippen molar-refractivity contribution in [3.05, 3.63) is 104 Å². The van der Waals surface area contributed by atoms with Crippen LogP contribution < -0.4 is 21.2 Å². The maximum Gasteiger partial charge on any atom is 0.433 e. The van der Waals surface area contributed by atoms with Gasteiger partial charge in [0.05, 0.1) is 0 Å². The number of aliphatic carboxylic acids is 2. The molecule has 4 aromatic heterocycles. The minimum absolute atomic E-state index is 0.200. The number of rotatable bonds is 16. The highest BCUT2D eigenvalue weighted by Crippen LogP contribution is 2.34. The number of hydrogen-bond acceptors (Lipinski definition) is 14. The van der Waals surface area contributed by atoms with Gasteiger partial charge in [-0.1, -0.05) is 55.4 Å². The Morgan fingerprint density at radius 3 is 1.12 bits per heavy atom. The number of hydrogen-bond donors (Lipinski definition) is 2. The fourth-order valence-corrected chi connectivity index (χ4v) is 7.60. The Morgan fingerprint density at radius 2 is 0.851 bits per heavy atom. The molecule has 2 saturated heterocycles. The van der Waals surface area contributed by atoms with Crippen molar-refractivity contribution in [2.75, 3.05) is 75.2 Å². The van der Waals surface area contributed by atoms with E-state index in [1.54, 1.807) is 21.5 Å². The zero-order valence-electron chi connectivity index (χ0n) is 43.5. The predicted molar refractivity (Wildman–Crippen MR) is 267 cm³/mol. The molecule has 2 N–H and O–H groups in total. The minimum Gasteiger partial charge on any atom is -0.478 e. The first-order chi connectivity index (χ1) is 34.6. The third-order valence-electron chi connectivity index (χ3n) is 11.9. The van der Waals surface area contributed by atoms with Crippen LogP contribution in [0.15, 0.2) is 58.4 Å². The van der Waals surface area contributed by atoms with E-state index in [1.165, 1.54) is 0 Å². The summed E-state index contributed by atoms with van der Waals surface area (Å²) in [6.07, 6.45) is 0.784. The van der Waals surface area contributed by atoms with Crippen molar-refractivity contribution in [1.82, 2.24) is 48.8 Å². The molecule has 74 heavy (non-hydrogen) atoms. The quantitative estimate of drug-likeness (QED) is 0.0677. The highest BCUT2D eigenvalue weighted by Gasteiger charge is 2.37. The number of aryl methyl sites for hydroxylation is 4. The summed E-state index contributed by atoms with van der Waals surface area (Å²) in [4.78, 5) is 76.1. The number of alkyl halides is 6. The molecule has 0 spiro atoms. The Hall–Kier alpha value is -6.30. The summed E-state index contributed by atoms with van der Waals surface area (Å²) >= 11 is 0. The van der Waals surface area contributed by atoms with E-state index in [0.717, 1.165) is 101 Å². The molecular formula is C50H70F6N12O6. The molecular weight excluding hydrogens is 979 g/mol. The zero-order valence-corrected chi connectivity index (χ0v) is 43.5. The lowest BCUT2D eigenvalue weighted by Crippen LogP contribution is -2.47. The van der Waals surface area contributed by atoms with Gasteiger partial charge in [0.2, 0.25) is 0 Å². The van der Waals surface area contributed by atoms with Crippen LogP contribution in [-0.2, 0) is 58.7 Å². The average Bonchev–Trinajstić information content (AvgIpc) is 3.33. The summed E-state index contributed by atoms with van der Waals surface area (Å²) in [7, 11) is 0. The first kappa shape index (κ1) is 60.3. The lowest BCUT2D eigenvalue weighted by atomic mass is 9.95. The zero-order chi connectivity index (χ0) is 55.0. The van der Waals surface area contributed by atoms with E-state index >= 15 is 0 Å². The van der Waals surface area contributed by atoms with E-state index in [9.17, 15) is 45.5 Å². The molecule has 2 fully saturated rings. The molecule has 0 atom stereocenters. The molecule has 408 valence electrons. The van der Waals surface area contributed by atoms with Crippen LogP contribution >= 0.6 is 0 Å². The van der Waals surface area contributed by atoms with Crippen LogP contribution in [-0.4, -0.2) is 136 Å². The Balaban J connectivity index is 0.000000279. The largest absolute Gasteiger partial charge is 0.478 e. The van der Waals surface area contributed by atoms with Gasteiger partial charge in [0.1, 0.15) is 34.7 Å². The molecule has 2 aliphatic rings. The molecule has 18 nitrogen and oxygen atoms in total. The fraction of sp³-hybridized carbons (Fsp3) is 0.600. The summed E-state index contributed by atoms with van der Waals surface area (Å²) in [6, 6.07) is 5.87. The molecule has 0 aliphatic carbocycles. The fourth-order valence-electron chi connectivity index (χ4n) is 7.60. The normalized spacial score (nSPS) is 15.1. The lowest BCUT2D eigenvalue weighted by Gasteiger charge is -2.36. The molecule has 6 heterocycles. The van der Waals surface area contributed by atoms with Crippen LogP contribution in [0.2, 0.25) is 0 Å². The SMILES string of the molecule is CCc1ccn(CCCCN2CCN(c3cc(C(F)(F)F)nc(C(C)(C)C)n3)CC2)c(=O)n1.CCc1ccn(CCCCN2CCN(c3cc(C(F)(F)F)nc(C(C)(C)C)n3)CC2)c(=O)n1.O=C(O)/C=C/C(=O)O. The van der Waals surface area contributed by atoms with Crippen LogP contribution in [0, 0.1) is 0 Å². The Morgan fingerprint density at radius 1 is 0.527 bits per heavy atom. The number of piperazine rings is 2. The third-order valence-corrected chi connectivity index (χ3v) is 11.9. The standard InChI is InChI=1S/2C23H33F3N6O.C4H4O4/c2*1-5-17-8-11-32(21(33)27-17)10-7-6-9-30-12-14-31(15-13-30)19-16-18(23(24,25)26)28-20(29-19)22(2,3)4;5-3(6)1-2-4(7)8/h2*8,11,16H,5-7,9-10,12-15H2,1-4H3;1-2H,(H,5,6)(H,7,8)/b;;2-1+. The highest BCUT2D eigenvalue weighted by molar-refractivity contribution is 5.89. The van der Waals surface area contributed by atoms with E-state index in [4.69, 9.17) is 10.2 Å². The number of halogens is 6. The number of carboxylic acids is 2. The van der Waals surface area contributed by atoms with Gasteiger partial charge in [-0.15, -0.1) is 0 Å². The Kier molecular flexibility index (Phi) is 21.8. The van der Waals surface area contributed by atoms with Crippen molar-refractivity contribution in [2.24, 2.45) is 0 Å². The molecule has 0 unspecified atom stereocenters. The van der Waals surface area contributed by atoms with Crippen molar-refractivity contribution in [2.45, 2.75) is 130 Å². The van der Waals surface area contributed by atoms with Crippen molar-refractivity contribution in [3.8, 4) is 0 Å². The van der Waals surface area contributed by atoms with Gasteiger partial charge in [0.25, 0.3) is 0 Å². The number of carboxylic acid groups (broad SMARTS) is 2. The van der Waals surface area contributed by atoms with E-state index in [2.05, 4.69) is 39.7 Å². The van der Waals surface area contributed by atoms with Crippen LogP contribution in [0.25, 0.3) is 0 Å². The highest BCUT2D eigenvalue weighted by atomic mass is 19.4. The van der Waals surface area contributed by atoms with Gasteiger partial charge in [-0.3, -0.25) is 18.9 Å². The Labute approximate surface area is 427 Å². The van der Waals surface area contributed by atoms with Gasteiger partial charge in [-0.2, -0.15) is 36.3 Å². The molecule has 0 saturated carbocycles. The summed E-state index contributed by atoms with van der Waals surface area (Å²) in [5.41, 5.74) is -1.75. The van der Waals surface area contributed by atoms with E-state index in [-0.39, 0.29) is 23.0 Å². The molecule has 2 aliphatic heterocycles. The molecule has 24 heteroatoms. The number of nitrogens with zero attached hydrogens (tertiary/aromatic N) is 12. The van der Waals surface area contributed by atoms with Crippen molar-refractivity contribution < 1.29 is 46.1 Å². The minimum atomic E-state index is -4.51. The van der Waals surface area contributed by atoms with Crippen molar-refractivity contribution in [1.29, 1.82) is 0 Å². The van der Waals surface area contributed by atoms with Crippen molar-refractivity contribution in [3.63, 3.8) is 0 Å². The van der Waals surface area contributed by atoms with E-state index in [0.29, 0.717) is 63.1 Å². The van der Waals surface area contributed by atoms with Gasteiger partial charge in [0, 0.05) is 124 Å². The van der Waals surface area contributed by atoms with E-state index in [1.807, 2.05) is 77.3 Å². The predicted octanol–water partition coefficient (Wildman–Crippen LogP) is 6.74. The average molecular weight is 1050 g/mol. The van der Waals surface area contributed by atoms with Gasteiger partial charge in [0.15, 0.2) is 0 Å². The topological polar surface area (TPSA) is 209 Å². The van der Waals surface area contributed by atoms with Gasteiger partial charge >= 0.3 is 35.7 Å². The first-order valence-electron chi connectivity index (χ1n) is 24.7. The smallest absolute Gasteiger partial charge is 0.433 e. The molecule has 0 radical (unpaired) electrons. The van der Waals surface area contributed by atoms with Crippen LogP contribution in [0.3, 0.4) is 0 Å². The Bertz CT molecular complexity index is 2370. The molecule has 0 amide bonds. The van der Waals surface area contributed by atoms with Crippen LogP contribution in [0.4, 0.5) is 38.0 Å². The number of unbranched alkanes of at least 4 members (excludes halogenated alkanes) is 2. The maximum atomic E-state index is 13.4. The first-order valence-corrected chi connectivity index (χ1v) is 24.7. The van der Waals surface area contributed by atoms with Gasteiger partial charge < -0.3 is 20.0 Å².